The molecule has 0 saturated carbocycles. The zero-order valence-corrected chi connectivity index (χ0v) is 15.1. The summed E-state index contributed by atoms with van der Waals surface area (Å²) in [7, 11) is -3.70. The average molecular weight is 380 g/mol. The van der Waals surface area contributed by atoms with E-state index >= 15 is 0 Å². The third-order valence-electron chi connectivity index (χ3n) is 4.00. The Hall–Kier alpha value is -1.83. The smallest absolute Gasteiger partial charge is 0.272 e. The molecule has 24 heavy (non-hydrogen) atoms. The molecular formula is C16H14ClN3O2S2. The molecule has 5 nitrogen and oxygen atoms in total. The number of thiophene rings is 1. The lowest BCUT2D eigenvalue weighted by atomic mass is 10.2. The van der Waals surface area contributed by atoms with Crippen molar-refractivity contribution in [2.75, 3.05) is 16.6 Å². The predicted octanol–water partition coefficient (Wildman–Crippen LogP) is 4.03. The van der Waals surface area contributed by atoms with Crippen LogP contribution in [-0.4, -0.2) is 19.9 Å². The largest absolute Gasteiger partial charge is 0.369 e. The lowest BCUT2D eigenvalue weighted by molar-refractivity contribution is 0.602. The summed E-state index contributed by atoms with van der Waals surface area (Å²) in [6, 6.07) is 8.99. The molecule has 0 aliphatic carbocycles. The molecule has 0 saturated heterocycles. The number of anilines is 2. The summed E-state index contributed by atoms with van der Waals surface area (Å²) in [5.74, 6) is 1.06. The van der Waals surface area contributed by atoms with E-state index in [-0.39, 0.29) is 4.21 Å². The van der Waals surface area contributed by atoms with Crippen LogP contribution in [0.2, 0.25) is 5.02 Å². The lowest BCUT2D eigenvalue weighted by Crippen LogP contribution is -2.13. The van der Waals surface area contributed by atoms with Gasteiger partial charge >= 0.3 is 0 Å². The van der Waals surface area contributed by atoms with Gasteiger partial charge in [-0.3, -0.25) is 4.72 Å². The van der Waals surface area contributed by atoms with E-state index in [4.69, 9.17) is 11.6 Å². The first-order valence-corrected chi connectivity index (χ1v) is 10.1. The van der Waals surface area contributed by atoms with Gasteiger partial charge in [-0.05, 0) is 54.1 Å². The van der Waals surface area contributed by atoms with Gasteiger partial charge in [-0.15, -0.1) is 11.3 Å². The Morgan fingerprint density at radius 3 is 2.96 bits per heavy atom. The van der Waals surface area contributed by atoms with Gasteiger partial charge < -0.3 is 5.32 Å². The number of hydrogen-bond donors (Lipinski definition) is 2. The first kappa shape index (κ1) is 15.7. The van der Waals surface area contributed by atoms with Crippen LogP contribution in [0.3, 0.4) is 0 Å². The quantitative estimate of drug-likeness (QED) is 0.720. The maximum Gasteiger partial charge on any atom is 0.272 e. The highest BCUT2D eigenvalue weighted by Crippen LogP contribution is 2.36. The summed E-state index contributed by atoms with van der Waals surface area (Å²) in [5.41, 5.74) is 1.80. The molecule has 0 radical (unpaired) electrons. The van der Waals surface area contributed by atoms with E-state index in [1.54, 1.807) is 25.1 Å². The Bertz CT molecular complexity index is 1060. The van der Waals surface area contributed by atoms with Crippen LogP contribution in [0.25, 0.3) is 10.1 Å². The van der Waals surface area contributed by atoms with E-state index in [0.29, 0.717) is 16.4 Å². The standard InChI is InChI=1S/C16H14ClN3O2S2/c1-9-12-8-11(17)3-4-13(12)23-16(9)24(21,22)20-14-5-2-10-6-7-18-15(10)19-14/h2-5,8H,6-7H2,1H3,(H2,18,19,20). The maximum atomic E-state index is 12.8. The summed E-state index contributed by atoms with van der Waals surface area (Å²) in [4.78, 5) is 4.34. The maximum absolute atomic E-state index is 12.8. The van der Waals surface area contributed by atoms with Gasteiger partial charge in [-0.25, -0.2) is 13.4 Å². The highest BCUT2D eigenvalue weighted by atomic mass is 35.5. The number of aryl methyl sites for hydroxylation is 1. The molecule has 2 aromatic heterocycles. The van der Waals surface area contributed by atoms with Crippen LogP contribution in [0.4, 0.5) is 11.6 Å². The second-order valence-electron chi connectivity index (χ2n) is 5.64. The number of halogens is 1. The van der Waals surface area contributed by atoms with Gasteiger partial charge in [-0.2, -0.15) is 0 Å². The molecule has 1 aliphatic rings. The summed E-state index contributed by atoms with van der Waals surface area (Å²) in [6.07, 6.45) is 0.908. The molecule has 0 bridgehead atoms. The molecule has 1 aliphatic heterocycles. The van der Waals surface area contributed by atoms with E-state index in [1.807, 2.05) is 12.1 Å². The summed E-state index contributed by atoms with van der Waals surface area (Å²) in [5, 5.41) is 4.59. The predicted molar refractivity (Wildman–Crippen MR) is 98.8 cm³/mol. The van der Waals surface area contributed by atoms with Crippen LogP contribution >= 0.6 is 22.9 Å². The third kappa shape index (κ3) is 2.62. The van der Waals surface area contributed by atoms with Gasteiger partial charge in [0, 0.05) is 16.3 Å². The summed E-state index contributed by atoms with van der Waals surface area (Å²) < 4.78 is 29.3. The first-order valence-electron chi connectivity index (χ1n) is 7.39. The van der Waals surface area contributed by atoms with E-state index in [0.717, 1.165) is 34.4 Å². The number of hydrogen-bond acceptors (Lipinski definition) is 5. The second kappa shape index (κ2) is 5.61. The van der Waals surface area contributed by atoms with Crippen LogP contribution < -0.4 is 10.0 Å². The highest BCUT2D eigenvalue weighted by Gasteiger charge is 2.23. The van der Waals surface area contributed by atoms with Crippen LogP contribution in [0, 0.1) is 6.92 Å². The molecule has 3 heterocycles. The molecule has 0 amide bonds. The number of sulfonamides is 1. The zero-order valence-electron chi connectivity index (χ0n) is 12.8. The van der Waals surface area contributed by atoms with Crippen molar-refractivity contribution in [3.63, 3.8) is 0 Å². The molecule has 0 unspecified atom stereocenters. The van der Waals surface area contributed by atoms with Crippen molar-refractivity contribution in [1.29, 1.82) is 0 Å². The SMILES string of the molecule is Cc1c(S(=O)(=O)Nc2ccc3c(n2)NCC3)sc2ccc(Cl)cc12. The Kier molecular flexibility index (Phi) is 3.67. The molecule has 1 aromatic carbocycles. The number of benzene rings is 1. The highest BCUT2D eigenvalue weighted by molar-refractivity contribution is 7.94. The van der Waals surface area contributed by atoms with Crippen molar-refractivity contribution in [2.45, 2.75) is 17.6 Å². The van der Waals surface area contributed by atoms with Crippen molar-refractivity contribution in [1.82, 2.24) is 4.98 Å². The topological polar surface area (TPSA) is 71.1 Å². The van der Waals surface area contributed by atoms with Crippen molar-refractivity contribution >= 4 is 54.7 Å². The Morgan fingerprint density at radius 2 is 2.12 bits per heavy atom. The number of pyridine rings is 1. The summed E-state index contributed by atoms with van der Waals surface area (Å²) >= 11 is 7.25. The minimum absolute atomic E-state index is 0.287. The van der Waals surface area contributed by atoms with Gasteiger partial charge in [-0.1, -0.05) is 17.7 Å². The van der Waals surface area contributed by atoms with Crippen molar-refractivity contribution in [2.24, 2.45) is 0 Å². The van der Waals surface area contributed by atoms with Crippen molar-refractivity contribution < 1.29 is 8.42 Å². The molecule has 8 heteroatoms. The van der Waals surface area contributed by atoms with Gasteiger partial charge in [0.1, 0.15) is 15.8 Å². The second-order valence-corrected chi connectivity index (χ2v) is 9.01. The third-order valence-corrected chi connectivity index (χ3v) is 7.49. The summed E-state index contributed by atoms with van der Waals surface area (Å²) in [6.45, 7) is 2.62. The van der Waals surface area contributed by atoms with Crippen LogP contribution in [-0.2, 0) is 16.4 Å². The number of nitrogens with zero attached hydrogens (tertiary/aromatic N) is 1. The fraction of sp³-hybridized carbons (Fsp3) is 0.188. The number of nitrogens with one attached hydrogen (secondary N) is 2. The molecular weight excluding hydrogens is 366 g/mol. The monoisotopic (exact) mass is 379 g/mol. The lowest BCUT2D eigenvalue weighted by Gasteiger charge is -2.08. The normalized spacial score (nSPS) is 13.8. The Labute approximate surface area is 148 Å². The zero-order chi connectivity index (χ0) is 16.9. The van der Waals surface area contributed by atoms with Gasteiger partial charge in [0.2, 0.25) is 0 Å². The fourth-order valence-electron chi connectivity index (χ4n) is 2.83. The molecule has 0 atom stereocenters. The molecule has 0 spiro atoms. The number of aromatic nitrogens is 1. The van der Waals surface area contributed by atoms with Crippen LogP contribution in [0.15, 0.2) is 34.5 Å². The van der Waals surface area contributed by atoms with Crippen LogP contribution in [0.1, 0.15) is 11.1 Å². The minimum Gasteiger partial charge on any atom is -0.369 e. The van der Waals surface area contributed by atoms with Crippen molar-refractivity contribution in [3.05, 3.63) is 46.5 Å². The molecule has 4 rings (SSSR count). The minimum atomic E-state index is -3.70. The molecule has 2 N–H and O–H groups in total. The molecule has 124 valence electrons. The fourth-order valence-corrected chi connectivity index (χ4v) is 5.75. The first-order chi connectivity index (χ1) is 11.4. The number of rotatable bonds is 3. The van der Waals surface area contributed by atoms with Crippen molar-refractivity contribution in [3.8, 4) is 0 Å². The van der Waals surface area contributed by atoms with Gasteiger partial charge in [0.15, 0.2) is 0 Å². The van der Waals surface area contributed by atoms with Gasteiger partial charge in [0.05, 0.1) is 0 Å². The van der Waals surface area contributed by atoms with E-state index in [1.165, 1.54) is 11.3 Å². The van der Waals surface area contributed by atoms with Crippen LogP contribution in [0.5, 0.6) is 0 Å². The Balaban J connectivity index is 1.74. The van der Waals surface area contributed by atoms with E-state index < -0.39 is 10.0 Å². The van der Waals surface area contributed by atoms with E-state index in [9.17, 15) is 8.42 Å². The Morgan fingerprint density at radius 1 is 1.29 bits per heavy atom. The molecule has 0 fully saturated rings. The molecule has 3 aromatic rings. The van der Waals surface area contributed by atoms with Gasteiger partial charge in [0.25, 0.3) is 10.0 Å². The number of fused-ring (bicyclic) bond motifs is 2. The van der Waals surface area contributed by atoms with E-state index in [2.05, 4.69) is 15.0 Å². The average Bonchev–Trinajstić information content (AvgIpc) is 3.12.